The van der Waals surface area contributed by atoms with Crippen molar-refractivity contribution in [1.82, 2.24) is 4.90 Å². The van der Waals surface area contributed by atoms with Gasteiger partial charge in [-0.3, -0.25) is 24.6 Å². The Hall–Kier alpha value is -4.04. The Labute approximate surface area is 193 Å². The summed E-state index contributed by atoms with van der Waals surface area (Å²) in [7, 11) is 0. The van der Waals surface area contributed by atoms with E-state index in [1.807, 2.05) is 41.3 Å². The van der Waals surface area contributed by atoms with Gasteiger partial charge in [0.05, 0.1) is 10.6 Å². The highest BCUT2D eigenvalue weighted by Crippen LogP contribution is 2.42. The molecule has 0 N–H and O–H groups in total. The average molecular weight is 458 g/mol. The van der Waals surface area contributed by atoms with Crippen molar-refractivity contribution < 1.29 is 14.5 Å². The molecule has 0 aliphatic carbocycles. The van der Waals surface area contributed by atoms with Gasteiger partial charge in [-0.25, -0.2) is 0 Å². The number of rotatable bonds is 4. The Morgan fingerprint density at radius 3 is 2.36 bits per heavy atom. The summed E-state index contributed by atoms with van der Waals surface area (Å²) in [4.78, 5) is 41.5. The highest BCUT2D eigenvalue weighted by Gasteiger charge is 2.34. The van der Waals surface area contributed by atoms with Crippen LogP contribution in [-0.2, 0) is 6.54 Å². The molecule has 2 amide bonds. The summed E-state index contributed by atoms with van der Waals surface area (Å²) in [6.45, 7) is 1.15. The van der Waals surface area contributed by atoms with Crippen molar-refractivity contribution in [3.05, 3.63) is 105 Å². The average Bonchev–Trinajstić information content (AvgIpc) is 3.17. The van der Waals surface area contributed by atoms with Crippen LogP contribution < -0.4 is 4.90 Å². The van der Waals surface area contributed by atoms with Gasteiger partial charge in [-0.05, 0) is 23.8 Å². The van der Waals surface area contributed by atoms with Crippen LogP contribution in [0.1, 0.15) is 25.6 Å². The molecule has 5 rings (SSSR count). The van der Waals surface area contributed by atoms with Crippen LogP contribution in [0.4, 0.5) is 11.4 Å². The van der Waals surface area contributed by atoms with Gasteiger partial charge in [-0.15, -0.1) is 11.3 Å². The van der Waals surface area contributed by atoms with E-state index in [2.05, 4.69) is 0 Å². The largest absolute Gasteiger partial charge is 0.364 e. The lowest BCUT2D eigenvalue weighted by Gasteiger charge is -2.24. The molecule has 1 aliphatic heterocycles. The lowest BCUT2D eigenvalue weighted by Crippen LogP contribution is -2.39. The highest BCUT2D eigenvalue weighted by atomic mass is 32.1. The number of anilines is 1. The van der Waals surface area contributed by atoms with Crippen LogP contribution >= 0.6 is 11.3 Å². The lowest BCUT2D eigenvalue weighted by molar-refractivity contribution is -0.384. The van der Waals surface area contributed by atoms with Crippen LogP contribution in [0.3, 0.4) is 0 Å². The number of hydrogen-bond acceptors (Lipinski definition) is 6. The molecule has 0 fully saturated rings. The predicted molar refractivity (Wildman–Crippen MR) is 128 cm³/mol. The molecule has 0 saturated heterocycles. The molecule has 4 aromatic rings. The molecule has 0 atom stereocenters. The van der Waals surface area contributed by atoms with Gasteiger partial charge in [0.2, 0.25) is 0 Å². The second-order valence-electron chi connectivity index (χ2n) is 7.75. The fourth-order valence-electron chi connectivity index (χ4n) is 4.09. The first kappa shape index (κ1) is 20.8. The number of nitro benzene ring substituents is 1. The van der Waals surface area contributed by atoms with Crippen molar-refractivity contribution in [3.8, 4) is 0 Å². The number of imide groups is 1. The Morgan fingerprint density at radius 1 is 0.970 bits per heavy atom. The zero-order chi connectivity index (χ0) is 22.9. The maximum atomic E-state index is 13.6. The number of non-ortho nitro benzene ring substituents is 1. The van der Waals surface area contributed by atoms with Crippen LogP contribution in [-0.4, -0.2) is 34.7 Å². The van der Waals surface area contributed by atoms with Crippen molar-refractivity contribution in [3.63, 3.8) is 0 Å². The molecule has 8 heteroatoms. The van der Waals surface area contributed by atoms with Gasteiger partial charge < -0.3 is 4.90 Å². The summed E-state index contributed by atoms with van der Waals surface area (Å²) in [5.74, 6) is -0.727. The Kier molecular flexibility index (Phi) is 5.35. The summed E-state index contributed by atoms with van der Waals surface area (Å²) >= 11 is 1.26. The fourth-order valence-corrected chi connectivity index (χ4v) is 5.25. The van der Waals surface area contributed by atoms with E-state index in [1.165, 1.54) is 28.4 Å². The molecule has 0 saturated carbocycles. The molecule has 0 spiro atoms. The monoisotopic (exact) mass is 457 g/mol. The molecule has 33 heavy (non-hydrogen) atoms. The van der Waals surface area contributed by atoms with E-state index in [0.29, 0.717) is 34.6 Å². The van der Waals surface area contributed by atoms with Gasteiger partial charge in [-0.2, -0.15) is 0 Å². The standard InChI is InChI=1S/C25H19N3O4S/c29-24(18-9-5-2-6-10-18)27-14-13-26(16-17-7-3-1-4-8-17)22-20-15-19(28(31)32)11-12-21(20)33-23(22)25(27)30/h1-12,15H,13-14,16H2. The van der Waals surface area contributed by atoms with E-state index in [-0.39, 0.29) is 24.0 Å². The summed E-state index contributed by atoms with van der Waals surface area (Å²) in [6, 6.07) is 23.2. The molecule has 0 radical (unpaired) electrons. The van der Waals surface area contributed by atoms with Crippen molar-refractivity contribution in [2.45, 2.75) is 6.54 Å². The Balaban J connectivity index is 1.64. The topological polar surface area (TPSA) is 83.8 Å². The van der Waals surface area contributed by atoms with Gasteiger partial charge in [0.15, 0.2) is 0 Å². The number of amides is 2. The first-order chi connectivity index (χ1) is 16.0. The summed E-state index contributed by atoms with van der Waals surface area (Å²) in [6.07, 6.45) is 0. The molecule has 3 aromatic carbocycles. The number of thiophene rings is 1. The Morgan fingerprint density at radius 2 is 1.67 bits per heavy atom. The van der Waals surface area contributed by atoms with Gasteiger partial charge in [0.1, 0.15) is 4.88 Å². The first-order valence-electron chi connectivity index (χ1n) is 10.4. The molecule has 164 valence electrons. The molecular formula is C25H19N3O4S. The smallest absolute Gasteiger partial charge is 0.273 e. The quantitative estimate of drug-likeness (QED) is 0.241. The maximum absolute atomic E-state index is 13.6. The van der Waals surface area contributed by atoms with Crippen LogP contribution in [0.15, 0.2) is 78.9 Å². The number of carbonyl (C=O) groups is 2. The van der Waals surface area contributed by atoms with Crippen molar-refractivity contribution >= 4 is 44.6 Å². The molecule has 1 aliphatic rings. The minimum atomic E-state index is -0.436. The van der Waals surface area contributed by atoms with Gasteiger partial charge in [-0.1, -0.05) is 48.5 Å². The number of benzene rings is 3. The summed E-state index contributed by atoms with van der Waals surface area (Å²) < 4.78 is 0.769. The number of nitrogens with zero attached hydrogens (tertiary/aromatic N) is 3. The summed E-state index contributed by atoms with van der Waals surface area (Å²) in [5.41, 5.74) is 2.11. The third-order valence-corrected chi connectivity index (χ3v) is 6.84. The second-order valence-corrected chi connectivity index (χ2v) is 8.80. The van der Waals surface area contributed by atoms with E-state index in [1.54, 1.807) is 30.3 Å². The van der Waals surface area contributed by atoms with Crippen molar-refractivity contribution in [2.75, 3.05) is 18.0 Å². The van der Waals surface area contributed by atoms with E-state index in [0.717, 1.165) is 10.3 Å². The normalized spacial score (nSPS) is 13.6. The van der Waals surface area contributed by atoms with Crippen LogP contribution in [0.25, 0.3) is 10.1 Å². The third kappa shape index (κ3) is 3.85. The van der Waals surface area contributed by atoms with Gasteiger partial charge in [0, 0.05) is 47.4 Å². The predicted octanol–water partition coefficient (Wildman–Crippen LogP) is 5.11. The van der Waals surface area contributed by atoms with E-state index in [9.17, 15) is 19.7 Å². The van der Waals surface area contributed by atoms with Crippen LogP contribution in [0.5, 0.6) is 0 Å². The van der Waals surface area contributed by atoms with Gasteiger partial charge >= 0.3 is 0 Å². The summed E-state index contributed by atoms with van der Waals surface area (Å²) in [5, 5.41) is 12.1. The van der Waals surface area contributed by atoms with E-state index in [4.69, 9.17) is 0 Å². The minimum Gasteiger partial charge on any atom is -0.364 e. The van der Waals surface area contributed by atoms with Crippen LogP contribution in [0, 0.1) is 10.1 Å². The molecular weight excluding hydrogens is 438 g/mol. The first-order valence-corrected chi connectivity index (χ1v) is 11.3. The second kappa shape index (κ2) is 8.48. The minimum absolute atomic E-state index is 0.0309. The number of carbonyl (C=O) groups excluding carboxylic acids is 2. The lowest BCUT2D eigenvalue weighted by atomic mass is 10.1. The number of hydrogen-bond donors (Lipinski definition) is 0. The number of fused-ring (bicyclic) bond motifs is 3. The molecule has 2 heterocycles. The number of nitro groups is 1. The van der Waals surface area contributed by atoms with E-state index < -0.39 is 4.92 Å². The molecule has 0 unspecified atom stereocenters. The molecule has 0 bridgehead atoms. The van der Waals surface area contributed by atoms with Crippen molar-refractivity contribution in [1.29, 1.82) is 0 Å². The Bertz CT molecular complexity index is 1370. The fraction of sp³-hybridized carbons (Fsp3) is 0.120. The third-order valence-electron chi connectivity index (χ3n) is 5.69. The maximum Gasteiger partial charge on any atom is 0.273 e. The zero-order valence-corrected chi connectivity index (χ0v) is 18.3. The zero-order valence-electron chi connectivity index (χ0n) is 17.5. The van der Waals surface area contributed by atoms with Crippen molar-refractivity contribution in [2.24, 2.45) is 0 Å². The van der Waals surface area contributed by atoms with E-state index >= 15 is 0 Å². The SMILES string of the molecule is O=C(c1ccccc1)N1CCN(Cc2ccccc2)c2c(sc3ccc([N+](=O)[O-])cc23)C1=O. The molecule has 7 nitrogen and oxygen atoms in total. The highest BCUT2D eigenvalue weighted by molar-refractivity contribution is 7.21. The van der Waals surface area contributed by atoms with Crippen LogP contribution in [0.2, 0.25) is 0 Å². The van der Waals surface area contributed by atoms with Gasteiger partial charge in [0.25, 0.3) is 17.5 Å². The molecule has 1 aromatic heterocycles.